The molecule has 0 unspecified atom stereocenters. The Kier molecular flexibility index (Phi) is 10.8. The van der Waals surface area contributed by atoms with Gasteiger partial charge in [-0.15, -0.1) is 0 Å². The molecule has 0 aromatic heterocycles. The van der Waals surface area contributed by atoms with Crippen LogP contribution in [0.25, 0.3) is 24.3 Å². The molecular weight excluding hydrogens is 460 g/mol. The Balaban J connectivity index is 0.000000211. The molecule has 0 amide bonds. The van der Waals surface area contributed by atoms with Crippen LogP contribution in [0.3, 0.4) is 0 Å². The summed E-state index contributed by atoms with van der Waals surface area (Å²) in [6.07, 6.45) is 17.3. The molecule has 0 bridgehead atoms. The third kappa shape index (κ3) is 11.2. The van der Waals surface area contributed by atoms with Crippen molar-refractivity contribution < 1.29 is 8.97 Å². The van der Waals surface area contributed by atoms with Crippen molar-refractivity contribution in [2.45, 2.75) is 0 Å². The molecule has 0 saturated carbocycles. The van der Waals surface area contributed by atoms with Crippen molar-refractivity contribution in [3.8, 4) is 0 Å². The van der Waals surface area contributed by atoms with E-state index in [4.69, 9.17) is 0 Å². The van der Waals surface area contributed by atoms with Crippen molar-refractivity contribution in [2.24, 2.45) is 0 Å². The molecule has 0 atom stereocenters. The molecule has 0 heterocycles. The second-order valence-corrected chi connectivity index (χ2v) is 10.2. The number of hydrogen-bond donors (Lipinski definition) is 0. The Morgan fingerprint density at radius 3 is 0.684 bits per heavy atom. The van der Waals surface area contributed by atoms with Gasteiger partial charge in [0.2, 0.25) is 0 Å². The number of rotatable bonds is 8. The molecule has 0 N–H and O–H groups in total. The molecule has 38 heavy (non-hydrogen) atoms. The van der Waals surface area contributed by atoms with Crippen LogP contribution < -0.4 is 0 Å². The lowest BCUT2D eigenvalue weighted by atomic mass is 10.2. The Morgan fingerprint density at radius 1 is 0.316 bits per heavy atom. The molecule has 0 aliphatic carbocycles. The first kappa shape index (κ1) is 28.3. The second-order valence-electron chi connectivity index (χ2n) is 10.2. The number of benzene rings is 4. The summed E-state index contributed by atoms with van der Waals surface area (Å²) in [6.45, 7) is 0. The Morgan fingerprint density at radius 2 is 0.500 bits per heavy atom. The normalized spacial score (nSPS) is 12.3. The summed E-state index contributed by atoms with van der Waals surface area (Å²) >= 11 is 0. The van der Waals surface area contributed by atoms with Crippen LogP contribution in [0.4, 0.5) is 0 Å². The van der Waals surface area contributed by atoms with Gasteiger partial charge in [-0.1, -0.05) is 121 Å². The largest absolute Gasteiger partial charge is 0.276 e. The molecule has 2 nitrogen and oxygen atoms in total. The zero-order valence-electron chi connectivity index (χ0n) is 23.1. The average Bonchev–Trinajstić information content (AvgIpc) is 2.96. The summed E-state index contributed by atoms with van der Waals surface area (Å²) in [4.78, 5) is 0. The van der Waals surface area contributed by atoms with E-state index >= 15 is 0 Å². The maximum atomic E-state index is 2.18. The van der Waals surface area contributed by atoms with Crippen LogP contribution >= 0.6 is 0 Å². The van der Waals surface area contributed by atoms with Gasteiger partial charge in [0.05, 0.1) is 28.2 Å². The number of nitrogens with zero attached hydrogens (tertiary/aromatic N) is 2. The minimum absolute atomic E-state index is 0.712. The highest BCUT2D eigenvalue weighted by Crippen LogP contribution is 2.11. The second kappa shape index (κ2) is 14.5. The van der Waals surface area contributed by atoms with E-state index in [1.807, 2.05) is 24.3 Å². The van der Waals surface area contributed by atoms with Crippen LogP contribution in [-0.2, 0) is 0 Å². The summed E-state index contributed by atoms with van der Waals surface area (Å²) in [6, 6.07) is 41.4. The van der Waals surface area contributed by atoms with Crippen LogP contribution in [0.2, 0.25) is 0 Å². The molecule has 0 spiro atoms. The summed E-state index contributed by atoms with van der Waals surface area (Å²) in [5.74, 6) is 0. The lowest BCUT2D eigenvalue weighted by Crippen LogP contribution is -2.25. The Labute approximate surface area is 229 Å². The highest BCUT2D eigenvalue weighted by atomic mass is 15.3. The van der Waals surface area contributed by atoms with Crippen molar-refractivity contribution in [3.05, 3.63) is 168 Å². The van der Waals surface area contributed by atoms with Crippen molar-refractivity contribution in [1.29, 1.82) is 0 Å². The molecule has 0 fully saturated rings. The Hall–Kier alpha value is -4.24. The third-order valence-electron chi connectivity index (χ3n) is 5.80. The highest BCUT2D eigenvalue weighted by Gasteiger charge is 2.06. The predicted octanol–water partition coefficient (Wildman–Crippen LogP) is 8.81. The predicted molar refractivity (Wildman–Crippen MR) is 166 cm³/mol. The van der Waals surface area contributed by atoms with Gasteiger partial charge in [-0.2, -0.15) is 0 Å². The van der Waals surface area contributed by atoms with E-state index in [1.54, 1.807) is 0 Å². The van der Waals surface area contributed by atoms with Gasteiger partial charge in [0, 0.05) is 0 Å². The molecule has 4 aromatic carbocycles. The van der Waals surface area contributed by atoms with Crippen LogP contribution in [0.15, 0.2) is 146 Å². The molecule has 0 radical (unpaired) electrons. The lowest BCUT2D eigenvalue weighted by molar-refractivity contribution is -0.782. The van der Waals surface area contributed by atoms with Crippen molar-refractivity contribution >= 4 is 24.3 Å². The van der Waals surface area contributed by atoms with Gasteiger partial charge in [-0.25, -0.2) is 0 Å². The van der Waals surface area contributed by atoms with Gasteiger partial charge in [0.15, 0.2) is 0 Å². The Bertz CT molecular complexity index is 1110. The van der Waals surface area contributed by atoms with E-state index in [2.05, 4.69) is 174 Å². The van der Waals surface area contributed by atoms with E-state index in [1.165, 1.54) is 22.3 Å². The van der Waals surface area contributed by atoms with Crippen LogP contribution in [0.1, 0.15) is 22.3 Å². The van der Waals surface area contributed by atoms with E-state index in [9.17, 15) is 0 Å². The van der Waals surface area contributed by atoms with Gasteiger partial charge < -0.3 is 0 Å². The standard InChI is InChI=1S/2C18H20N/c2*1-19(2,15-13-17-9-5-3-6-10-17)16-14-18-11-7-4-8-12-18/h2*3-16H,1-2H3/q2*+1. The van der Waals surface area contributed by atoms with Gasteiger partial charge in [0.1, 0.15) is 24.8 Å². The molecule has 0 aliphatic rings. The van der Waals surface area contributed by atoms with Gasteiger partial charge in [-0.3, -0.25) is 8.97 Å². The highest BCUT2D eigenvalue weighted by molar-refractivity contribution is 5.50. The third-order valence-corrected chi connectivity index (χ3v) is 5.80. The smallest absolute Gasteiger partial charge is 0.101 e. The molecule has 2 heteroatoms. The van der Waals surface area contributed by atoms with E-state index in [-0.39, 0.29) is 0 Å². The average molecular weight is 501 g/mol. The van der Waals surface area contributed by atoms with Crippen LogP contribution in [-0.4, -0.2) is 37.2 Å². The summed E-state index contributed by atoms with van der Waals surface area (Å²) in [5, 5.41) is 0. The van der Waals surface area contributed by atoms with Crippen LogP contribution in [0.5, 0.6) is 0 Å². The quantitative estimate of drug-likeness (QED) is 0.212. The van der Waals surface area contributed by atoms with Crippen molar-refractivity contribution in [3.63, 3.8) is 0 Å². The first-order valence-corrected chi connectivity index (χ1v) is 13.0. The van der Waals surface area contributed by atoms with Crippen LogP contribution in [0, 0.1) is 0 Å². The molecule has 0 saturated heterocycles. The molecule has 0 aliphatic heterocycles. The monoisotopic (exact) mass is 500 g/mol. The fourth-order valence-electron chi connectivity index (χ4n) is 3.47. The zero-order chi connectivity index (χ0) is 27.1. The molecule has 4 aromatic rings. The number of quaternary nitrogens is 2. The van der Waals surface area contributed by atoms with Gasteiger partial charge in [0.25, 0.3) is 0 Å². The fraction of sp³-hybridized carbons (Fsp3) is 0.111. The summed E-state index contributed by atoms with van der Waals surface area (Å²) in [5.41, 5.74) is 4.90. The van der Waals surface area contributed by atoms with E-state index in [0.717, 1.165) is 0 Å². The zero-order valence-corrected chi connectivity index (χ0v) is 23.1. The maximum Gasteiger partial charge on any atom is 0.101 e. The minimum atomic E-state index is 0.712. The summed E-state index contributed by atoms with van der Waals surface area (Å²) < 4.78 is 1.42. The van der Waals surface area contributed by atoms with Crippen molar-refractivity contribution in [1.82, 2.24) is 0 Å². The topological polar surface area (TPSA) is 0 Å². The van der Waals surface area contributed by atoms with Gasteiger partial charge in [-0.05, 0) is 46.6 Å². The van der Waals surface area contributed by atoms with Gasteiger partial charge >= 0.3 is 0 Å². The first-order chi connectivity index (χ1) is 18.3. The van der Waals surface area contributed by atoms with Crippen molar-refractivity contribution in [2.75, 3.05) is 28.2 Å². The summed E-state index contributed by atoms with van der Waals surface area (Å²) in [7, 11) is 8.61. The maximum absolute atomic E-state index is 2.18. The lowest BCUT2D eigenvalue weighted by Gasteiger charge is -2.19. The molecular formula is C36H40N2+2. The SMILES string of the molecule is C[N+](C)(C=Cc1ccccc1)C=Cc1ccccc1.C[N+](C)(C=Cc1ccccc1)C=Cc1ccccc1. The fourth-order valence-corrected chi connectivity index (χ4v) is 3.47. The molecule has 192 valence electrons. The first-order valence-electron chi connectivity index (χ1n) is 13.0. The van der Waals surface area contributed by atoms with E-state index < -0.39 is 0 Å². The minimum Gasteiger partial charge on any atom is -0.276 e. The molecule has 4 rings (SSSR count). The number of hydrogen-bond acceptors (Lipinski definition) is 0. The van der Waals surface area contributed by atoms with E-state index in [0.29, 0.717) is 8.97 Å².